The van der Waals surface area contributed by atoms with Crippen LogP contribution in [0.25, 0.3) is 22.5 Å². The summed E-state index contributed by atoms with van der Waals surface area (Å²) in [4.78, 5) is 8.86. The van der Waals surface area contributed by atoms with Crippen LogP contribution in [0, 0.1) is 6.92 Å². The molecule has 6 nitrogen and oxygen atoms in total. The van der Waals surface area contributed by atoms with Crippen LogP contribution >= 0.6 is 23.4 Å². The van der Waals surface area contributed by atoms with Crippen molar-refractivity contribution >= 4 is 34.5 Å². The third-order valence-corrected chi connectivity index (χ3v) is 4.79. The van der Waals surface area contributed by atoms with Crippen LogP contribution in [-0.2, 0) is 5.75 Å². The molecule has 0 atom stereocenters. The number of aromatic nitrogens is 3. The van der Waals surface area contributed by atoms with Gasteiger partial charge >= 0.3 is 0 Å². The third kappa shape index (κ3) is 3.27. The maximum absolute atomic E-state index is 6.06. The molecule has 4 rings (SSSR count). The van der Waals surface area contributed by atoms with E-state index in [4.69, 9.17) is 25.3 Å². The first-order valence-electron chi connectivity index (χ1n) is 7.79. The fourth-order valence-electron chi connectivity index (χ4n) is 2.57. The van der Waals surface area contributed by atoms with E-state index >= 15 is 0 Å². The van der Waals surface area contributed by atoms with Crippen molar-refractivity contribution in [3.8, 4) is 17.1 Å². The van der Waals surface area contributed by atoms with Gasteiger partial charge < -0.3 is 13.7 Å². The zero-order chi connectivity index (χ0) is 18.1. The topological polar surface area (TPSA) is 74.2 Å². The van der Waals surface area contributed by atoms with E-state index in [-0.39, 0.29) is 0 Å². The Hall–Kier alpha value is -2.51. The second kappa shape index (κ2) is 7.01. The van der Waals surface area contributed by atoms with Crippen molar-refractivity contribution in [3.05, 3.63) is 52.9 Å². The minimum atomic E-state index is 0.446. The van der Waals surface area contributed by atoms with Crippen LogP contribution in [0.5, 0.6) is 5.75 Å². The largest absolute Gasteiger partial charge is 0.496 e. The van der Waals surface area contributed by atoms with Crippen LogP contribution in [0.3, 0.4) is 0 Å². The van der Waals surface area contributed by atoms with Crippen LogP contribution < -0.4 is 4.74 Å². The molecule has 0 radical (unpaired) electrons. The average Bonchev–Trinajstić information content (AvgIpc) is 3.26. The predicted octanol–water partition coefficient (Wildman–Crippen LogP) is 5.14. The lowest BCUT2D eigenvalue weighted by atomic mass is 10.2. The van der Waals surface area contributed by atoms with Gasteiger partial charge in [0.2, 0.25) is 11.7 Å². The van der Waals surface area contributed by atoms with Crippen molar-refractivity contribution in [2.45, 2.75) is 17.9 Å². The molecule has 8 heteroatoms. The quantitative estimate of drug-likeness (QED) is 0.439. The molecule has 0 N–H and O–H groups in total. The maximum Gasteiger partial charge on any atom is 0.257 e. The van der Waals surface area contributed by atoms with E-state index in [0.717, 1.165) is 22.2 Å². The summed E-state index contributed by atoms with van der Waals surface area (Å²) in [7, 11) is 1.61. The van der Waals surface area contributed by atoms with E-state index in [1.54, 1.807) is 13.2 Å². The minimum absolute atomic E-state index is 0.446. The average molecular weight is 388 g/mol. The number of ether oxygens (including phenoxy) is 1. The van der Waals surface area contributed by atoms with Gasteiger partial charge in [0.25, 0.3) is 5.22 Å². The van der Waals surface area contributed by atoms with Gasteiger partial charge in [0.1, 0.15) is 11.3 Å². The molecule has 0 saturated heterocycles. The highest BCUT2D eigenvalue weighted by atomic mass is 35.5. The first-order valence-corrected chi connectivity index (χ1v) is 9.16. The molecule has 0 unspecified atom stereocenters. The molecule has 0 amide bonds. The number of thioether (sulfide) groups is 1. The Labute approximate surface area is 158 Å². The molecule has 2 heterocycles. The summed E-state index contributed by atoms with van der Waals surface area (Å²) < 4.78 is 16.4. The summed E-state index contributed by atoms with van der Waals surface area (Å²) in [5.74, 6) is 2.10. The Kier molecular flexibility index (Phi) is 4.57. The lowest BCUT2D eigenvalue weighted by Gasteiger charge is -2.02. The zero-order valence-corrected chi connectivity index (χ0v) is 15.6. The van der Waals surface area contributed by atoms with Crippen molar-refractivity contribution in [1.29, 1.82) is 0 Å². The van der Waals surface area contributed by atoms with Crippen LogP contribution in [-0.4, -0.2) is 22.2 Å². The fraction of sp³-hybridized carbons (Fsp3) is 0.167. The smallest absolute Gasteiger partial charge is 0.257 e. The Morgan fingerprint density at radius 3 is 2.88 bits per heavy atom. The lowest BCUT2D eigenvalue weighted by molar-refractivity contribution is 0.389. The van der Waals surface area contributed by atoms with Crippen molar-refractivity contribution < 1.29 is 13.7 Å². The number of hydrogen-bond acceptors (Lipinski definition) is 7. The number of halogens is 1. The summed E-state index contributed by atoms with van der Waals surface area (Å²) >= 11 is 7.44. The number of para-hydroxylation sites is 1. The van der Waals surface area contributed by atoms with E-state index in [0.29, 0.717) is 33.5 Å². The van der Waals surface area contributed by atoms with Crippen LogP contribution in [0.15, 0.2) is 50.6 Å². The highest BCUT2D eigenvalue weighted by Gasteiger charge is 2.15. The molecule has 0 saturated carbocycles. The minimum Gasteiger partial charge on any atom is -0.496 e. The number of aryl methyl sites for hydroxylation is 1. The molecule has 0 aliphatic carbocycles. The molecular weight excluding hydrogens is 374 g/mol. The van der Waals surface area contributed by atoms with Gasteiger partial charge in [-0.1, -0.05) is 40.7 Å². The number of hydrogen-bond donors (Lipinski definition) is 0. The molecule has 2 aromatic heterocycles. The number of benzene rings is 2. The molecule has 2 aromatic carbocycles. The van der Waals surface area contributed by atoms with E-state index in [1.807, 2.05) is 37.3 Å². The summed E-state index contributed by atoms with van der Waals surface area (Å²) in [6, 6.07) is 11.2. The van der Waals surface area contributed by atoms with Gasteiger partial charge in [-0.05, 0) is 36.8 Å². The summed E-state index contributed by atoms with van der Waals surface area (Å²) in [5.41, 5.74) is 3.19. The van der Waals surface area contributed by atoms with E-state index in [1.165, 1.54) is 11.8 Å². The Morgan fingerprint density at radius 2 is 2.04 bits per heavy atom. The standard InChI is InChI=1S/C18H14ClN3O3S/c1-10-7-11(19)8-13-16(10)24-18(20-13)26-9-15-21-17(22-25-15)12-5-3-4-6-14(12)23-2/h3-8H,9H2,1-2H3. The summed E-state index contributed by atoms with van der Waals surface area (Å²) in [6.07, 6.45) is 0. The lowest BCUT2D eigenvalue weighted by Crippen LogP contribution is -1.89. The Bertz CT molecular complexity index is 1080. The first-order chi connectivity index (χ1) is 12.6. The third-order valence-electron chi connectivity index (χ3n) is 3.76. The molecule has 0 fully saturated rings. The number of oxazole rings is 1. The van der Waals surface area contributed by atoms with Crippen molar-refractivity contribution in [2.75, 3.05) is 7.11 Å². The van der Waals surface area contributed by atoms with Crippen molar-refractivity contribution in [1.82, 2.24) is 15.1 Å². The first kappa shape index (κ1) is 16.9. The molecular formula is C18H14ClN3O3S. The zero-order valence-electron chi connectivity index (χ0n) is 14.0. The van der Waals surface area contributed by atoms with Crippen LogP contribution in [0.2, 0.25) is 5.02 Å². The molecule has 0 bridgehead atoms. The Balaban J connectivity index is 1.52. The highest BCUT2D eigenvalue weighted by molar-refractivity contribution is 7.98. The van der Waals surface area contributed by atoms with Gasteiger partial charge in [0.05, 0.1) is 18.4 Å². The molecule has 132 valence electrons. The molecule has 4 aromatic rings. The predicted molar refractivity (Wildman–Crippen MR) is 99.6 cm³/mol. The number of methoxy groups -OCH3 is 1. The molecule has 26 heavy (non-hydrogen) atoms. The maximum atomic E-state index is 6.06. The molecule has 0 aliphatic heterocycles. The molecule has 0 aliphatic rings. The van der Waals surface area contributed by atoms with E-state index in [9.17, 15) is 0 Å². The Morgan fingerprint density at radius 1 is 1.19 bits per heavy atom. The van der Waals surface area contributed by atoms with Crippen LogP contribution in [0.1, 0.15) is 11.5 Å². The fourth-order valence-corrected chi connectivity index (χ4v) is 3.51. The summed E-state index contributed by atoms with van der Waals surface area (Å²) in [5, 5.41) is 5.20. The summed E-state index contributed by atoms with van der Waals surface area (Å²) in [6.45, 7) is 1.94. The second-order valence-corrected chi connectivity index (χ2v) is 6.91. The number of rotatable bonds is 5. The number of nitrogens with zero attached hydrogens (tertiary/aromatic N) is 3. The van der Waals surface area contributed by atoms with Crippen molar-refractivity contribution in [2.24, 2.45) is 0 Å². The van der Waals surface area contributed by atoms with Gasteiger partial charge in [0.15, 0.2) is 5.58 Å². The van der Waals surface area contributed by atoms with Gasteiger partial charge in [-0.15, -0.1) is 0 Å². The SMILES string of the molecule is COc1ccccc1-c1noc(CSc2nc3cc(Cl)cc(C)c3o2)n1. The van der Waals surface area contributed by atoms with Crippen molar-refractivity contribution in [3.63, 3.8) is 0 Å². The second-order valence-electron chi connectivity index (χ2n) is 5.55. The highest BCUT2D eigenvalue weighted by Crippen LogP contribution is 2.31. The van der Waals surface area contributed by atoms with Gasteiger partial charge in [-0.25, -0.2) is 4.98 Å². The van der Waals surface area contributed by atoms with Gasteiger partial charge in [-0.3, -0.25) is 0 Å². The van der Waals surface area contributed by atoms with E-state index in [2.05, 4.69) is 15.1 Å². The van der Waals surface area contributed by atoms with E-state index < -0.39 is 0 Å². The van der Waals surface area contributed by atoms with Gasteiger partial charge in [0, 0.05) is 5.02 Å². The number of fused-ring (bicyclic) bond motifs is 1. The van der Waals surface area contributed by atoms with Gasteiger partial charge in [-0.2, -0.15) is 4.98 Å². The van der Waals surface area contributed by atoms with Crippen LogP contribution in [0.4, 0.5) is 0 Å². The molecule has 0 spiro atoms. The normalized spacial score (nSPS) is 11.2. The monoisotopic (exact) mass is 387 g/mol.